The fourth-order valence-electron chi connectivity index (χ4n) is 5.90. The largest absolute Gasteiger partial charge is 0.397 e. The molecule has 270 valence electrons. The van der Waals surface area contributed by atoms with Crippen molar-refractivity contribution in [1.29, 1.82) is 0 Å². The molecule has 5 aromatic rings. The summed E-state index contributed by atoms with van der Waals surface area (Å²) in [5.74, 6) is 0.561. The monoisotopic (exact) mass is 737 g/mol. The fraction of sp³-hybridized carbons (Fsp3) is 0.300. The molecule has 3 atom stereocenters. The molecular formula is C40H43N5O5S2. The molecule has 52 heavy (non-hydrogen) atoms. The zero-order valence-electron chi connectivity index (χ0n) is 29.0. The van der Waals surface area contributed by atoms with Gasteiger partial charge in [0.2, 0.25) is 11.8 Å². The smallest absolute Gasteiger partial charge is 0.224 e. The molecule has 12 heteroatoms. The van der Waals surface area contributed by atoms with Crippen LogP contribution in [0.25, 0.3) is 11.1 Å². The van der Waals surface area contributed by atoms with E-state index in [-0.39, 0.29) is 30.6 Å². The minimum absolute atomic E-state index is 0.00245. The second kappa shape index (κ2) is 18.3. The first-order chi connectivity index (χ1) is 25.3. The molecule has 5 N–H and O–H groups in total. The van der Waals surface area contributed by atoms with Gasteiger partial charge in [0.15, 0.2) is 10.6 Å². The van der Waals surface area contributed by atoms with E-state index in [2.05, 4.69) is 45.1 Å². The van der Waals surface area contributed by atoms with E-state index in [0.717, 1.165) is 48.5 Å². The Morgan fingerprint density at radius 1 is 0.865 bits per heavy atom. The third-order valence-corrected chi connectivity index (χ3v) is 10.8. The second-order valence-electron chi connectivity index (χ2n) is 12.7. The molecule has 10 nitrogen and oxygen atoms in total. The fourth-order valence-corrected chi connectivity index (χ4v) is 7.76. The van der Waals surface area contributed by atoms with Gasteiger partial charge in [-0.1, -0.05) is 102 Å². The summed E-state index contributed by atoms with van der Waals surface area (Å²) < 4.78 is 14.0. The van der Waals surface area contributed by atoms with Crippen LogP contribution in [-0.4, -0.2) is 39.0 Å². The Morgan fingerprint density at radius 2 is 1.62 bits per heavy atom. The van der Waals surface area contributed by atoms with Crippen molar-refractivity contribution in [3.63, 3.8) is 0 Å². The Bertz CT molecular complexity index is 1940. The molecule has 2 amide bonds. The van der Waals surface area contributed by atoms with Crippen LogP contribution in [0.3, 0.4) is 0 Å². The molecule has 1 saturated heterocycles. The molecule has 1 aliphatic heterocycles. The van der Waals surface area contributed by atoms with Gasteiger partial charge in [0.1, 0.15) is 5.01 Å². The first-order valence-corrected chi connectivity index (χ1v) is 19.2. The van der Waals surface area contributed by atoms with Gasteiger partial charge in [-0.25, -0.2) is 0 Å². The highest BCUT2D eigenvalue weighted by molar-refractivity contribution is 8.01. The van der Waals surface area contributed by atoms with E-state index >= 15 is 0 Å². The number of nitrogens with one attached hydrogen (secondary N) is 2. The number of benzene rings is 4. The summed E-state index contributed by atoms with van der Waals surface area (Å²) in [6, 6.07) is 31.4. The molecule has 1 fully saturated rings. The number of carbonyl (C=O) groups is 2. The Morgan fingerprint density at radius 3 is 2.35 bits per heavy atom. The topological polar surface area (TPSA) is 149 Å². The van der Waals surface area contributed by atoms with Crippen molar-refractivity contribution in [2.75, 3.05) is 16.8 Å². The summed E-state index contributed by atoms with van der Waals surface area (Å²) in [4.78, 5) is 24.8. The highest BCUT2D eigenvalue weighted by atomic mass is 32.2. The molecule has 0 aliphatic carbocycles. The number of rotatable bonds is 15. The van der Waals surface area contributed by atoms with Crippen LogP contribution in [-0.2, 0) is 32.2 Å². The average Bonchev–Trinajstić information content (AvgIpc) is 3.60. The zero-order chi connectivity index (χ0) is 36.3. The van der Waals surface area contributed by atoms with Gasteiger partial charge >= 0.3 is 0 Å². The summed E-state index contributed by atoms with van der Waals surface area (Å²) in [6.07, 6.45) is 1.81. The van der Waals surface area contributed by atoms with Crippen LogP contribution < -0.4 is 16.4 Å². The SMILES string of the molecule is Cc1nnc(SCC2CC(c3ccc(CO)cc3)OC(c3ccc(-c4cccc(CNC(=O)CCCCC(=O)Nc5ccccc5N)c4)cc3)O2)s1. The van der Waals surface area contributed by atoms with E-state index in [4.69, 9.17) is 15.2 Å². The van der Waals surface area contributed by atoms with E-state index in [1.165, 1.54) is 0 Å². The van der Waals surface area contributed by atoms with Gasteiger partial charge in [0.05, 0.1) is 30.2 Å². The maximum absolute atomic E-state index is 12.6. The first kappa shape index (κ1) is 37.2. The minimum atomic E-state index is -0.550. The highest BCUT2D eigenvalue weighted by Crippen LogP contribution is 2.40. The molecule has 0 spiro atoms. The minimum Gasteiger partial charge on any atom is -0.397 e. The third-order valence-electron chi connectivity index (χ3n) is 8.74. The molecule has 1 aliphatic rings. The van der Waals surface area contributed by atoms with Crippen molar-refractivity contribution in [2.45, 2.75) is 75.0 Å². The van der Waals surface area contributed by atoms with E-state index in [1.54, 1.807) is 35.2 Å². The predicted molar refractivity (Wildman–Crippen MR) is 205 cm³/mol. The number of aryl methyl sites for hydroxylation is 1. The summed E-state index contributed by atoms with van der Waals surface area (Å²) in [5, 5.41) is 24.7. The number of unbranched alkanes of at least 4 members (excludes halogenated alkanes) is 1. The number of amides is 2. The number of para-hydroxylation sites is 2. The molecule has 6 rings (SSSR count). The van der Waals surface area contributed by atoms with Gasteiger partial charge in [0, 0.05) is 37.1 Å². The van der Waals surface area contributed by atoms with Gasteiger partial charge < -0.3 is 30.9 Å². The van der Waals surface area contributed by atoms with Crippen LogP contribution in [0.1, 0.15) is 71.8 Å². The highest BCUT2D eigenvalue weighted by Gasteiger charge is 2.32. The lowest BCUT2D eigenvalue weighted by atomic mass is 9.99. The lowest BCUT2D eigenvalue weighted by Gasteiger charge is -2.36. The number of carbonyl (C=O) groups excluding carboxylic acids is 2. The van der Waals surface area contributed by atoms with Crippen LogP contribution in [0.15, 0.2) is 101 Å². The average molecular weight is 738 g/mol. The first-order valence-electron chi connectivity index (χ1n) is 17.4. The molecule has 1 aromatic heterocycles. The van der Waals surface area contributed by atoms with Crippen molar-refractivity contribution in [2.24, 2.45) is 0 Å². The molecule has 3 unspecified atom stereocenters. The molecule has 0 bridgehead atoms. The van der Waals surface area contributed by atoms with Crippen LogP contribution in [0.5, 0.6) is 0 Å². The Kier molecular flexibility index (Phi) is 13.0. The van der Waals surface area contributed by atoms with Crippen LogP contribution in [0, 0.1) is 6.92 Å². The maximum Gasteiger partial charge on any atom is 0.224 e. The number of aliphatic hydroxyl groups excluding tert-OH is 1. The molecular weight excluding hydrogens is 695 g/mol. The summed E-state index contributed by atoms with van der Waals surface area (Å²) in [6.45, 7) is 2.36. The van der Waals surface area contributed by atoms with Crippen molar-refractivity contribution in [1.82, 2.24) is 15.5 Å². The van der Waals surface area contributed by atoms with Crippen LogP contribution >= 0.6 is 23.1 Å². The lowest BCUT2D eigenvalue weighted by molar-refractivity contribution is -0.245. The number of thioether (sulfide) groups is 1. The van der Waals surface area contributed by atoms with Crippen molar-refractivity contribution < 1.29 is 24.2 Å². The number of anilines is 2. The van der Waals surface area contributed by atoms with Gasteiger partial charge in [-0.15, -0.1) is 10.2 Å². The number of aromatic nitrogens is 2. The Labute approximate surface area is 312 Å². The van der Waals surface area contributed by atoms with Gasteiger partial charge in [0.25, 0.3) is 0 Å². The van der Waals surface area contributed by atoms with Gasteiger partial charge in [-0.2, -0.15) is 0 Å². The number of hydrogen-bond donors (Lipinski definition) is 4. The van der Waals surface area contributed by atoms with E-state index < -0.39 is 6.29 Å². The number of nitrogens with two attached hydrogens (primary N) is 1. The quantitative estimate of drug-likeness (QED) is 0.0481. The molecule has 0 radical (unpaired) electrons. The number of nitrogens with zero attached hydrogens (tertiary/aromatic N) is 2. The standard InChI is InChI=1S/C40H43N5O5S2/c1-26-44-45-40(52-26)51-25-33-22-36(30-15-13-27(24-46)14-16-30)50-39(49-33)31-19-17-29(18-20-31)32-8-6-7-28(21-32)23-42-37(47)11-4-5-12-38(48)43-35-10-3-2-9-34(35)41/h2-3,6-10,13-21,33,36,39,46H,4-5,11-12,22-25,41H2,1H3,(H,42,47)(H,43,48). The predicted octanol–water partition coefficient (Wildman–Crippen LogP) is 7.74. The normalized spacial score (nSPS) is 17.1. The summed E-state index contributed by atoms with van der Waals surface area (Å²) in [7, 11) is 0. The summed E-state index contributed by atoms with van der Waals surface area (Å²) >= 11 is 3.23. The third kappa shape index (κ3) is 10.5. The van der Waals surface area contributed by atoms with Crippen LogP contribution in [0.2, 0.25) is 0 Å². The van der Waals surface area contributed by atoms with Gasteiger partial charge in [-0.05, 0) is 65.8 Å². The second-order valence-corrected chi connectivity index (χ2v) is 15.1. The van der Waals surface area contributed by atoms with E-state index in [0.29, 0.717) is 50.0 Å². The lowest BCUT2D eigenvalue weighted by Crippen LogP contribution is -2.31. The molecule has 4 aromatic carbocycles. The van der Waals surface area contributed by atoms with Crippen molar-refractivity contribution >= 4 is 46.3 Å². The molecule has 2 heterocycles. The maximum atomic E-state index is 12.6. The van der Waals surface area contributed by atoms with E-state index in [9.17, 15) is 14.7 Å². The van der Waals surface area contributed by atoms with Gasteiger partial charge in [-0.3, -0.25) is 9.59 Å². The zero-order valence-corrected chi connectivity index (χ0v) is 30.6. The Hall–Kier alpha value is -4.59. The van der Waals surface area contributed by atoms with Crippen LogP contribution in [0.4, 0.5) is 11.4 Å². The van der Waals surface area contributed by atoms with Crippen molar-refractivity contribution in [3.05, 3.63) is 124 Å². The molecule has 0 saturated carbocycles. The number of ether oxygens (including phenoxy) is 2. The number of nitrogen functional groups attached to an aromatic ring is 1. The number of aliphatic hydroxyl groups is 1. The summed E-state index contributed by atoms with van der Waals surface area (Å²) in [5.41, 5.74) is 12.9. The van der Waals surface area contributed by atoms with E-state index in [1.807, 2.05) is 67.6 Å². The number of hydrogen-bond acceptors (Lipinski definition) is 10. The Balaban J connectivity index is 1.02. The van der Waals surface area contributed by atoms with Crippen molar-refractivity contribution in [3.8, 4) is 11.1 Å².